The first-order valence-corrected chi connectivity index (χ1v) is 4.41. The fraction of sp³-hybridized carbons (Fsp3) is 0.400. The maximum Gasteiger partial charge on any atom is 0.319 e. The number of aromatic nitrogens is 1. The molecule has 14 heavy (non-hydrogen) atoms. The Morgan fingerprint density at radius 3 is 3.07 bits per heavy atom. The second-order valence-corrected chi connectivity index (χ2v) is 2.98. The Morgan fingerprint density at radius 2 is 2.43 bits per heavy atom. The average molecular weight is 194 g/mol. The van der Waals surface area contributed by atoms with Gasteiger partial charge in [-0.2, -0.15) is 0 Å². The van der Waals surface area contributed by atoms with Crippen LogP contribution in [0.2, 0.25) is 0 Å². The summed E-state index contributed by atoms with van der Waals surface area (Å²) in [6.45, 7) is 2.87. The highest BCUT2D eigenvalue weighted by molar-refractivity contribution is 5.71. The number of esters is 1. The van der Waals surface area contributed by atoms with Crippen molar-refractivity contribution in [3.8, 4) is 0 Å². The summed E-state index contributed by atoms with van der Waals surface area (Å²) in [5, 5.41) is 2.98. The molecule has 1 aromatic heterocycles. The monoisotopic (exact) mass is 194 g/mol. The normalized spacial score (nSPS) is 9.86. The Balaban J connectivity index is 2.39. The third kappa shape index (κ3) is 3.14. The highest BCUT2D eigenvalue weighted by atomic mass is 16.5. The highest BCUT2D eigenvalue weighted by Gasteiger charge is 2.00. The lowest BCUT2D eigenvalue weighted by molar-refractivity contribution is -0.139. The summed E-state index contributed by atoms with van der Waals surface area (Å²) in [6, 6.07) is 1.94. The number of carbonyl (C=O) groups excluding carboxylic acids is 1. The molecule has 1 aromatic rings. The molecular weight excluding hydrogens is 180 g/mol. The minimum absolute atomic E-state index is 0.227. The van der Waals surface area contributed by atoms with Crippen molar-refractivity contribution in [3.05, 3.63) is 29.6 Å². The van der Waals surface area contributed by atoms with Crippen LogP contribution >= 0.6 is 0 Å². The first-order chi connectivity index (χ1) is 6.74. The van der Waals surface area contributed by atoms with Gasteiger partial charge in [-0.3, -0.25) is 9.78 Å². The van der Waals surface area contributed by atoms with Gasteiger partial charge in [-0.15, -0.1) is 0 Å². The first kappa shape index (κ1) is 10.7. The number of hydrogen-bond donors (Lipinski definition) is 1. The van der Waals surface area contributed by atoms with Crippen LogP contribution in [0.25, 0.3) is 0 Å². The molecule has 76 valence electrons. The topological polar surface area (TPSA) is 51.2 Å². The molecule has 1 rings (SSSR count). The van der Waals surface area contributed by atoms with Crippen molar-refractivity contribution >= 4 is 5.97 Å². The van der Waals surface area contributed by atoms with E-state index in [2.05, 4.69) is 15.0 Å². The van der Waals surface area contributed by atoms with Gasteiger partial charge in [0.25, 0.3) is 0 Å². The van der Waals surface area contributed by atoms with Crippen molar-refractivity contribution in [1.82, 2.24) is 10.3 Å². The van der Waals surface area contributed by atoms with Crippen molar-refractivity contribution in [1.29, 1.82) is 0 Å². The Morgan fingerprint density at radius 1 is 1.64 bits per heavy atom. The second kappa shape index (κ2) is 5.34. The summed E-state index contributed by atoms with van der Waals surface area (Å²) >= 11 is 0. The van der Waals surface area contributed by atoms with Crippen LogP contribution < -0.4 is 5.32 Å². The summed E-state index contributed by atoms with van der Waals surface area (Å²) in [5.74, 6) is -0.258. The summed E-state index contributed by atoms with van der Waals surface area (Å²) in [7, 11) is 1.37. The van der Waals surface area contributed by atoms with Gasteiger partial charge < -0.3 is 10.1 Å². The van der Waals surface area contributed by atoms with Gasteiger partial charge in [0.1, 0.15) is 0 Å². The van der Waals surface area contributed by atoms with E-state index < -0.39 is 0 Å². The number of aryl methyl sites for hydroxylation is 1. The molecule has 1 heterocycles. The van der Waals surface area contributed by atoms with Crippen LogP contribution in [0.4, 0.5) is 0 Å². The van der Waals surface area contributed by atoms with Crippen molar-refractivity contribution in [3.63, 3.8) is 0 Å². The van der Waals surface area contributed by atoms with E-state index in [1.165, 1.54) is 7.11 Å². The number of hydrogen-bond acceptors (Lipinski definition) is 4. The third-order valence-corrected chi connectivity index (χ3v) is 1.96. The van der Waals surface area contributed by atoms with E-state index in [0.717, 1.165) is 11.1 Å². The zero-order valence-corrected chi connectivity index (χ0v) is 8.41. The molecule has 4 nitrogen and oxygen atoms in total. The van der Waals surface area contributed by atoms with E-state index in [1.807, 2.05) is 13.0 Å². The number of carbonyl (C=O) groups is 1. The molecule has 0 saturated heterocycles. The quantitative estimate of drug-likeness (QED) is 0.715. The van der Waals surface area contributed by atoms with Crippen LogP contribution in [0.1, 0.15) is 11.1 Å². The molecule has 0 fully saturated rings. The van der Waals surface area contributed by atoms with Crippen molar-refractivity contribution in [2.24, 2.45) is 0 Å². The largest absolute Gasteiger partial charge is 0.468 e. The van der Waals surface area contributed by atoms with Gasteiger partial charge >= 0.3 is 5.97 Å². The third-order valence-electron chi connectivity index (χ3n) is 1.96. The maximum atomic E-state index is 10.8. The number of pyridine rings is 1. The molecule has 0 atom stereocenters. The number of ether oxygens (including phenoxy) is 1. The Labute approximate surface area is 83.3 Å². The lowest BCUT2D eigenvalue weighted by Crippen LogP contribution is -2.23. The zero-order chi connectivity index (χ0) is 10.4. The molecule has 0 aliphatic rings. The smallest absolute Gasteiger partial charge is 0.319 e. The van der Waals surface area contributed by atoms with E-state index in [0.29, 0.717) is 6.54 Å². The van der Waals surface area contributed by atoms with Crippen LogP contribution in [0, 0.1) is 6.92 Å². The van der Waals surface area contributed by atoms with Gasteiger partial charge in [0, 0.05) is 18.9 Å². The van der Waals surface area contributed by atoms with Crippen LogP contribution in [-0.4, -0.2) is 24.6 Å². The Bertz CT molecular complexity index is 313. The molecule has 0 amide bonds. The van der Waals surface area contributed by atoms with Gasteiger partial charge in [0.15, 0.2) is 0 Å². The summed E-state index contributed by atoms with van der Waals surface area (Å²) < 4.78 is 4.50. The van der Waals surface area contributed by atoms with Gasteiger partial charge in [-0.05, 0) is 24.1 Å². The SMILES string of the molecule is COC(=O)CNCc1cnccc1C. The number of nitrogens with zero attached hydrogens (tertiary/aromatic N) is 1. The van der Waals surface area contributed by atoms with Gasteiger partial charge in [0.2, 0.25) is 0 Å². The number of rotatable bonds is 4. The first-order valence-electron chi connectivity index (χ1n) is 4.41. The minimum atomic E-state index is -0.258. The predicted octanol–water partition coefficient (Wildman–Crippen LogP) is 0.653. The van der Waals surface area contributed by atoms with Crippen LogP contribution in [0.5, 0.6) is 0 Å². The zero-order valence-electron chi connectivity index (χ0n) is 8.41. The Hall–Kier alpha value is -1.42. The number of methoxy groups -OCH3 is 1. The van der Waals surface area contributed by atoms with E-state index in [-0.39, 0.29) is 12.5 Å². The van der Waals surface area contributed by atoms with E-state index in [9.17, 15) is 4.79 Å². The molecular formula is C10H14N2O2. The second-order valence-electron chi connectivity index (χ2n) is 2.98. The molecule has 0 aliphatic carbocycles. The summed E-state index contributed by atoms with van der Waals surface area (Å²) in [5.41, 5.74) is 2.26. The molecule has 0 aromatic carbocycles. The van der Waals surface area contributed by atoms with E-state index in [4.69, 9.17) is 0 Å². The van der Waals surface area contributed by atoms with Crippen molar-refractivity contribution in [2.45, 2.75) is 13.5 Å². The standard InChI is InChI=1S/C10H14N2O2/c1-8-3-4-11-5-9(8)6-12-7-10(13)14-2/h3-5,12H,6-7H2,1-2H3. The van der Waals surface area contributed by atoms with Gasteiger partial charge in [-0.25, -0.2) is 0 Å². The molecule has 0 spiro atoms. The Kier molecular flexibility index (Phi) is 4.07. The fourth-order valence-electron chi connectivity index (χ4n) is 1.05. The average Bonchev–Trinajstić information content (AvgIpc) is 2.20. The van der Waals surface area contributed by atoms with Gasteiger partial charge in [-0.1, -0.05) is 0 Å². The van der Waals surface area contributed by atoms with Crippen LogP contribution in [-0.2, 0) is 16.1 Å². The predicted molar refractivity (Wildman–Crippen MR) is 52.7 cm³/mol. The summed E-state index contributed by atoms with van der Waals surface area (Å²) in [4.78, 5) is 14.8. The van der Waals surface area contributed by atoms with Crippen molar-refractivity contribution in [2.75, 3.05) is 13.7 Å². The molecule has 0 unspecified atom stereocenters. The fourth-order valence-corrected chi connectivity index (χ4v) is 1.05. The molecule has 0 aliphatic heterocycles. The molecule has 0 saturated carbocycles. The van der Waals surface area contributed by atoms with Crippen molar-refractivity contribution < 1.29 is 9.53 Å². The van der Waals surface area contributed by atoms with Crippen LogP contribution in [0.3, 0.4) is 0 Å². The molecule has 4 heteroatoms. The highest BCUT2D eigenvalue weighted by Crippen LogP contribution is 2.03. The minimum Gasteiger partial charge on any atom is -0.468 e. The lowest BCUT2D eigenvalue weighted by atomic mass is 10.2. The molecule has 0 radical (unpaired) electrons. The van der Waals surface area contributed by atoms with Gasteiger partial charge in [0.05, 0.1) is 13.7 Å². The van der Waals surface area contributed by atoms with E-state index in [1.54, 1.807) is 12.4 Å². The summed E-state index contributed by atoms with van der Waals surface area (Å²) in [6.07, 6.45) is 3.54. The van der Waals surface area contributed by atoms with E-state index >= 15 is 0 Å². The maximum absolute atomic E-state index is 10.8. The molecule has 0 bridgehead atoms. The lowest BCUT2D eigenvalue weighted by Gasteiger charge is -2.05. The number of nitrogens with one attached hydrogen (secondary N) is 1. The molecule has 1 N–H and O–H groups in total. The van der Waals surface area contributed by atoms with Crippen LogP contribution in [0.15, 0.2) is 18.5 Å².